The molecular weight excluding hydrogens is 264 g/mol. The second-order valence-corrected chi connectivity index (χ2v) is 6.50. The lowest BCUT2D eigenvalue weighted by Gasteiger charge is -2.41. The Labute approximate surface area is 118 Å². The van der Waals surface area contributed by atoms with Crippen molar-refractivity contribution in [3.05, 3.63) is 0 Å². The molecule has 2 atom stereocenters. The van der Waals surface area contributed by atoms with E-state index in [9.17, 15) is 14.7 Å². The van der Waals surface area contributed by atoms with Gasteiger partial charge in [0.25, 0.3) is 0 Å². The zero-order valence-corrected chi connectivity index (χ0v) is 12.4. The monoisotopic (exact) mass is 286 g/mol. The summed E-state index contributed by atoms with van der Waals surface area (Å²) in [6.07, 6.45) is 1.83. The maximum Gasteiger partial charge on any atom is 0.329 e. The Kier molecular flexibility index (Phi) is 4.28. The number of carbonyl (C=O) groups is 2. The highest BCUT2D eigenvalue weighted by atomic mass is 32.2. The van der Waals surface area contributed by atoms with Crippen LogP contribution in [0.2, 0.25) is 0 Å². The third kappa shape index (κ3) is 2.42. The predicted octanol–water partition coefficient (Wildman–Crippen LogP) is 1.87. The minimum atomic E-state index is -0.985. The highest BCUT2D eigenvalue weighted by Gasteiger charge is 2.50. The van der Waals surface area contributed by atoms with Crippen LogP contribution in [0.4, 0.5) is 4.79 Å². The standard InChI is InChI=1S/C13H22N2O3S/c1-3-13(11(16)17)5-4-6-15(13)12(18)14-7-8-19-9-10(14)2/h10H,3-9H2,1-2H3,(H,16,17). The van der Waals surface area contributed by atoms with Crippen molar-refractivity contribution >= 4 is 23.8 Å². The number of carboxylic acids is 1. The van der Waals surface area contributed by atoms with E-state index in [0.29, 0.717) is 19.4 Å². The van der Waals surface area contributed by atoms with Crippen LogP contribution < -0.4 is 0 Å². The van der Waals surface area contributed by atoms with Crippen LogP contribution in [0.1, 0.15) is 33.1 Å². The van der Waals surface area contributed by atoms with Gasteiger partial charge in [0, 0.05) is 30.6 Å². The molecule has 5 nitrogen and oxygen atoms in total. The number of carboxylic acid groups (broad SMARTS) is 1. The van der Waals surface area contributed by atoms with E-state index < -0.39 is 11.5 Å². The fraction of sp³-hybridized carbons (Fsp3) is 0.846. The molecule has 2 aliphatic heterocycles. The number of nitrogens with zero attached hydrogens (tertiary/aromatic N) is 2. The van der Waals surface area contributed by atoms with Crippen molar-refractivity contribution in [3.63, 3.8) is 0 Å². The van der Waals surface area contributed by atoms with Gasteiger partial charge in [-0.05, 0) is 26.2 Å². The summed E-state index contributed by atoms with van der Waals surface area (Å²) < 4.78 is 0. The molecule has 0 bridgehead atoms. The largest absolute Gasteiger partial charge is 0.479 e. The molecule has 0 radical (unpaired) electrons. The Morgan fingerprint density at radius 2 is 2.16 bits per heavy atom. The average molecular weight is 286 g/mol. The van der Waals surface area contributed by atoms with E-state index in [-0.39, 0.29) is 12.1 Å². The molecule has 0 saturated carbocycles. The number of likely N-dealkylation sites (tertiary alicyclic amines) is 1. The van der Waals surface area contributed by atoms with Crippen LogP contribution in [0.3, 0.4) is 0 Å². The summed E-state index contributed by atoms with van der Waals surface area (Å²) in [6.45, 7) is 5.18. The molecule has 19 heavy (non-hydrogen) atoms. The highest BCUT2D eigenvalue weighted by molar-refractivity contribution is 7.99. The van der Waals surface area contributed by atoms with Gasteiger partial charge in [-0.15, -0.1) is 0 Å². The molecular formula is C13H22N2O3S. The summed E-state index contributed by atoms with van der Waals surface area (Å²) in [5.41, 5.74) is -0.985. The molecule has 0 aliphatic carbocycles. The Morgan fingerprint density at radius 1 is 1.42 bits per heavy atom. The highest BCUT2D eigenvalue weighted by Crippen LogP contribution is 2.34. The number of hydrogen-bond acceptors (Lipinski definition) is 3. The zero-order chi connectivity index (χ0) is 14.0. The SMILES string of the molecule is CCC1(C(=O)O)CCCN1C(=O)N1CCSCC1C. The second kappa shape index (κ2) is 5.61. The number of carbonyl (C=O) groups excluding carboxylic acids is 1. The first-order valence-electron chi connectivity index (χ1n) is 6.92. The van der Waals surface area contributed by atoms with E-state index in [2.05, 4.69) is 0 Å². The Morgan fingerprint density at radius 3 is 2.74 bits per heavy atom. The molecule has 2 rings (SSSR count). The molecule has 108 valence electrons. The maximum absolute atomic E-state index is 12.7. The first kappa shape index (κ1) is 14.5. The Hall–Kier alpha value is -0.910. The van der Waals surface area contributed by atoms with Gasteiger partial charge in [0.2, 0.25) is 0 Å². The van der Waals surface area contributed by atoms with Gasteiger partial charge in [0.05, 0.1) is 0 Å². The fourth-order valence-electron chi connectivity index (χ4n) is 3.06. The van der Waals surface area contributed by atoms with Crippen molar-refractivity contribution in [2.24, 2.45) is 0 Å². The van der Waals surface area contributed by atoms with Gasteiger partial charge in [0.1, 0.15) is 5.54 Å². The van der Waals surface area contributed by atoms with E-state index in [1.54, 1.807) is 4.90 Å². The summed E-state index contributed by atoms with van der Waals surface area (Å²) in [5.74, 6) is 1.02. The maximum atomic E-state index is 12.7. The molecule has 2 unspecified atom stereocenters. The van der Waals surface area contributed by atoms with Crippen molar-refractivity contribution in [3.8, 4) is 0 Å². The molecule has 0 aromatic rings. The van der Waals surface area contributed by atoms with Gasteiger partial charge in [-0.1, -0.05) is 6.92 Å². The first-order chi connectivity index (χ1) is 9.03. The van der Waals surface area contributed by atoms with Crippen molar-refractivity contribution in [1.82, 2.24) is 9.80 Å². The van der Waals surface area contributed by atoms with Crippen molar-refractivity contribution < 1.29 is 14.7 Å². The van der Waals surface area contributed by atoms with Crippen LogP contribution >= 0.6 is 11.8 Å². The van der Waals surface area contributed by atoms with Crippen molar-refractivity contribution in [1.29, 1.82) is 0 Å². The van der Waals surface area contributed by atoms with E-state index in [1.807, 2.05) is 30.5 Å². The summed E-state index contributed by atoms with van der Waals surface area (Å²) in [6, 6.07) is 0.102. The van der Waals surface area contributed by atoms with Crippen LogP contribution in [0.15, 0.2) is 0 Å². The molecule has 0 spiro atoms. The molecule has 0 aromatic carbocycles. The zero-order valence-electron chi connectivity index (χ0n) is 11.6. The minimum Gasteiger partial charge on any atom is -0.479 e. The summed E-state index contributed by atoms with van der Waals surface area (Å²) in [5, 5.41) is 9.53. The Bertz CT molecular complexity index is 377. The number of hydrogen-bond donors (Lipinski definition) is 1. The van der Waals surface area contributed by atoms with Crippen LogP contribution in [0.25, 0.3) is 0 Å². The number of rotatable bonds is 2. The third-order valence-electron chi connectivity index (χ3n) is 4.32. The predicted molar refractivity (Wildman–Crippen MR) is 75.5 cm³/mol. The molecule has 6 heteroatoms. The van der Waals surface area contributed by atoms with Crippen LogP contribution in [0, 0.1) is 0 Å². The van der Waals surface area contributed by atoms with Gasteiger partial charge in [-0.25, -0.2) is 9.59 Å². The van der Waals surface area contributed by atoms with E-state index >= 15 is 0 Å². The number of aliphatic carboxylic acids is 1. The van der Waals surface area contributed by atoms with Gasteiger partial charge in [0.15, 0.2) is 0 Å². The van der Waals surface area contributed by atoms with Crippen LogP contribution in [0.5, 0.6) is 0 Å². The average Bonchev–Trinajstić information content (AvgIpc) is 2.83. The molecule has 2 aliphatic rings. The number of amides is 2. The summed E-state index contributed by atoms with van der Waals surface area (Å²) in [7, 11) is 0. The number of thioether (sulfide) groups is 1. The second-order valence-electron chi connectivity index (χ2n) is 5.35. The fourth-order valence-corrected chi connectivity index (χ4v) is 4.08. The summed E-state index contributed by atoms with van der Waals surface area (Å²) in [4.78, 5) is 27.7. The van der Waals surface area contributed by atoms with Gasteiger partial charge in [-0.3, -0.25) is 0 Å². The smallest absolute Gasteiger partial charge is 0.329 e. The summed E-state index contributed by atoms with van der Waals surface area (Å²) >= 11 is 1.85. The lowest BCUT2D eigenvalue weighted by molar-refractivity contribution is -0.148. The van der Waals surface area contributed by atoms with Crippen LogP contribution in [-0.4, -0.2) is 63.1 Å². The minimum absolute atomic E-state index is 0.0884. The van der Waals surface area contributed by atoms with Crippen LogP contribution in [-0.2, 0) is 4.79 Å². The lowest BCUT2D eigenvalue weighted by Crippen LogP contribution is -2.59. The molecule has 0 aromatic heterocycles. The molecule has 2 fully saturated rings. The molecule has 2 amide bonds. The van der Waals surface area contributed by atoms with E-state index in [0.717, 1.165) is 24.5 Å². The molecule has 2 saturated heterocycles. The topological polar surface area (TPSA) is 60.9 Å². The lowest BCUT2D eigenvalue weighted by atomic mass is 9.93. The van der Waals surface area contributed by atoms with Gasteiger partial charge < -0.3 is 14.9 Å². The van der Waals surface area contributed by atoms with Crippen molar-refractivity contribution in [2.75, 3.05) is 24.6 Å². The number of urea groups is 1. The quantitative estimate of drug-likeness (QED) is 0.842. The van der Waals surface area contributed by atoms with Crippen molar-refractivity contribution in [2.45, 2.75) is 44.7 Å². The molecule has 1 N–H and O–H groups in total. The van der Waals surface area contributed by atoms with E-state index in [4.69, 9.17) is 0 Å². The van der Waals surface area contributed by atoms with E-state index in [1.165, 1.54) is 0 Å². The third-order valence-corrected chi connectivity index (χ3v) is 5.51. The van der Waals surface area contributed by atoms with Gasteiger partial charge in [-0.2, -0.15) is 11.8 Å². The first-order valence-corrected chi connectivity index (χ1v) is 8.08. The normalized spacial score (nSPS) is 31.6. The van der Waals surface area contributed by atoms with Gasteiger partial charge >= 0.3 is 12.0 Å². The molecule has 2 heterocycles. The Balaban J connectivity index is 2.19.